The highest BCUT2D eigenvalue weighted by Gasteiger charge is 2.26. The molecule has 5 heteroatoms. The van der Waals surface area contributed by atoms with Gasteiger partial charge in [0.1, 0.15) is 0 Å². The maximum absolute atomic E-state index is 6.12. The number of nitrogens with zero attached hydrogens (tertiary/aromatic N) is 2. The maximum Gasteiger partial charge on any atom is 0.0602 e. The van der Waals surface area contributed by atoms with Crippen LogP contribution in [0.25, 0.3) is 0 Å². The lowest BCUT2D eigenvalue weighted by Crippen LogP contribution is -2.47. The first-order valence-electron chi connectivity index (χ1n) is 9.60. The van der Waals surface area contributed by atoms with E-state index in [0.29, 0.717) is 0 Å². The SMILES string of the molecule is Cl.Cl.Clc1ccc([C@H](c2ccccc2)N2CCN(Cc3ccccc3)CC2)cc1. The summed E-state index contributed by atoms with van der Waals surface area (Å²) in [7, 11) is 0. The van der Waals surface area contributed by atoms with Crippen molar-refractivity contribution >= 4 is 36.4 Å². The molecule has 1 aliphatic heterocycles. The second kappa shape index (κ2) is 11.6. The Balaban J connectivity index is 0.00000150. The van der Waals surface area contributed by atoms with Crippen molar-refractivity contribution in [2.24, 2.45) is 0 Å². The molecule has 0 bridgehead atoms. The molecule has 3 aromatic rings. The molecule has 0 aliphatic carbocycles. The number of rotatable bonds is 5. The van der Waals surface area contributed by atoms with Gasteiger partial charge in [0.15, 0.2) is 0 Å². The minimum absolute atomic E-state index is 0. The molecule has 0 radical (unpaired) electrons. The third-order valence-corrected chi connectivity index (χ3v) is 5.57. The molecule has 1 atom stereocenters. The van der Waals surface area contributed by atoms with Crippen LogP contribution in [0.2, 0.25) is 5.02 Å². The van der Waals surface area contributed by atoms with Crippen LogP contribution in [0.4, 0.5) is 0 Å². The van der Waals surface area contributed by atoms with Crippen molar-refractivity contribution in [1.29, 1.82) is 0 Å². The second-order valence-electron chi connectivity index (χ2n) is 7.16. The fourth-order valence-corrected chi connectivity index (χ4v) is 4.04. The molecule has 0 N–H and O–H groups in total. The molecule has 1 saturated heterocycles. The summed E-state index contributed by atoms with van der Waals surface area (Å²) in [6.45, 7) is 5.34. The average molecular weight is 450 g/mol. The molecule has 0 aromatic heterocycles. The minimum atomic E-state index is 0. The summed E-state index contributed by atoms with van der Waals surface area (Å²) in [5.41, 5.74) is 4.04. The lowest BCUT2D eigenvalue weighted by atomic mass is 9.96. The van der Waals surface area contributed by atoms with Gasteiger partial charge in [-0.15, -0.1) is 24.8 Å². The standard InChI is InChI=1S/C24H25ClN2.2ClH/c25-23-13-11-22(12-14-23)24(21-9-5-2-6-10-21)27-17-15-26(16-18-27)19-20-7-3-1-4-8-20;;/h1-14,24H,15-19H2;2*1H/t24-;;/m0../s1. The fourth-order valence-electron chi connectivity index (χ4n) is 3.92. The highest BCUT2D eigenvalue weighted by molar-refractivity contribution is 6.30. The van der Waals surface area contributed by atoms with Gasteiger partial charge in [-0.25, -0.2) is 0 Å². The number of hydrogen-bond acceptors (Lipinski definition) is 2. The minimum Gasteiger partial charge on any atom is -0.297 e. The number of hydrogen-bond donors (Lipinski definition) is 0. The molecular weight excluding hydrogens is 423 g/mol. The Morgan fingerprint density at radius 1 is 0.655 bits per heavy atom. The molecule has 0 spiro atoms. The van der Waals surface area contributed by atoms with Crippen molar-refractivity contribution in [3.8, 4) is 0 Å². The van der Waals surface area contributed by atoms with E-state index in [9.17, 15) is 0 Å². The molecule has 3 aromatic carbocycles. The van der Waals surface area contributed by atoms with Crippen LogP contribution in [0.5, 0.6) is 0 Å². The Kier molecular flexibility index (Phi) is 9.48. The molecular formula is C24H27Cl3N2. The molecule has 1 heterocycles. The topological polar surface area (TPSA) is 6.48 Å². The zero-order chi connectivity index (χ0) is 18.5. The summed E-state index contributed by atoms with van der Waals surface area (Å²) >= 11 is 6.12. The number of benzene rings is 3. The molecule has 1 fully saturated rings. The van der Waals surface area contributed by atoms with E-state index in [1.54, 1.807) is 0 Å². The summed E-state index contributed by atoms with van der Waals surface area (Å²) < 4.78 is 0. The molecule has 0 saturated carbocycles. The predicted octanol–water partition coefficient (Wildman–Crippen LogP) is 6.09. The zero-order valence-electron chi connectivity index (χ0n) is 16.3. The second-order valence-corrected chi connectivity index (χ2v) is 7.60. The summed E-state index contributed by atoms with van der Waals surface area (Å²) in [5.74, 6) is 0. The fraction of sp³-hybridized carbons (Fsp3) is 0.250. The first-order chi connectivity index (χ1) is 13.3. The molecule has 1 aliphatic rings. The van der Waals surface area contributed by atoms with Gasteiger partial charge in [-0.1, -0.05) is 84.4 Å². The van der Waals surface area contributed by atoms with Crippen LogP contribution in [-0.2, 0) is 6.54 Å². The largest absolute Gasteiger partial charge is 0.297 e. The van der Waals surface area contributed by atoms with E-state index in [1.807, 2.05) is 12.1 Å². The highest BCUT2D eigenvalue weighted by atomic mass is 35.5. The first-order valence-corrected chi connectivity index (χ1v) is 9.98. The van der Waals surface area contributed by atoms with Gasteiger partial charge >= 0.3 is 0 Å². The van der Waals surface area contributed by atoms with Crippen LogP contribution in [0, 0.1) is 0 Å². The molecule has 154 valence electrons. The van der Waals surface area contributed by atoms with Gasteiger partial charge in [0.2, 0.25) is 0 Å². The van der Waals surface area contributed by atoms with E-state index in [4.69, 9.17) is 11.6 Å². The van der Waals surface area contributed by atoms with Crippen molar-refractivity contribution in [1.82, 2.24) is 9.80 Å². The van der Waals surface area contributed by atoms with E-state index >= 15 is 0 Å². The Labute approximate surface area is 191 Å². The van der Waals surface area contributed by atoms with Gasteiger partial charge < -0.3 is 0 Å². The van der Waals surface area contributed by atoms with Crippen molar-refractivity contribution < 1.29 is 0 Å². The van der Waals surface area contributed by atoms with Gasteiger partial charge in [0, 0.05) is 37.7 Å². The van der Waals surface area contributed by atoms with Crippen LogP contribution in [0.3, 0.4) is 0 Å². The van der Waals surface area contributed by atoms with Crippen molar-refractivity contribution in [3.05, 3.63) is 107 Å². The van der Waals surface area contributed by atoms with E-state index < -0.39 is 0 Å². The average Bonchev–Trinajstić information content (AvgIpc) is 2.73. The van der Waals surface area contributed by atoms with Crippen molar-refractivity contribution in [2.45, 2.75) is 12.6 Å². The van der Waals surface area contributed by atoms with E-state index in [2.05, 4.69) is 82.6 Å². The van der Waals surface area contributed by atoms with Crippen molar-refractivity contribution in [3.63, 3.8) is 0 Å². The van der Waals surface area contributed by atoms with E-state index in [1.165, 1.54) is 16.7 Å². The Hall–Kier alpha value is -1.55. The summed E-state index contributed by atoms with van der Waals surface area (Å²) in [4.78, 5) is 5.15. The van der Waals surface area contributed by atoms with Crippen LogP contribution in [0.1, 0.15) is 22.7 Å². The lowest BCUT2D eigenvalue weighted by molar-refractivity contribution is 0.105. The molecule has 29 heavy (non-hydrogen) atoms. The first kappa shape index (κ1) is 23.7. The van der Waals surface area contributed by atoms with Crippen molar-refractivity contribution in [2.75, 3.05) is 26.2 Å². The van der Waals surface area contributed by atoms with Gasteiger partial charge in [-0.2, -0.15) is 0 Å². The van der Waals surface area contributed by atoms with Crippen LogP contribution < -0.4 is 0 Å². The van der Waals surface area contributed by atoms with Gasteiger partial charge in [0.25, 0.3) is 0 Å². The van der Waals surface area contributed by atoms with Gasteiger partial charge in [-0.05, 0) is 28.8 Å². The smallest absolute Gasteiger partial charge is 0.0602 e. The zero-order valence-corrected chi connectivity index (χ0v) is 18.7. The third-order valence-electron chi connectivity index (χ3n) is 5.32. The van der Waals surface area contributed by atoms with Gasteiger partial charge in [0.05, 0.1) is 6.04 Å². The molecule has 2 nitrogen and oxygen atoms in total. The monoisotopic (exact) mass is 448 g/mol. The third kappa shape index (κ3) is 6.21. The quantitative estimate of drug-likeness (QED) is 0.465. The summed E-state index contributed by atoms with van der Waals surface area (Å²) in [6, 6.07) is 30.2. The van der Waals surface area contributed by atoms with Gasteiger partial charge in [-0.3, -0.25) is 9.80 Å². The maximum atomic E-state index is 6.12. The molecule has 0 amide bonds. The molecule has 0 unspecified atom stereocenters. The Morgan fingerprint density at radius 2 is 1.17 bits per heavy atom. The van der Waals surface area contributed by atoms with Crippen LogP contribution in [-0.4, -0.2) is 36.0 Å². The van der Waals surface area contributed by atoms with E-state index in [-0.39, 0.29) is 30.9 Å². The summed E-state index contributed by atoms with van der Waals surface area (Å²) in [5, 5.41) is 0.790. The lowest BCUT2D eigenvalue weighted by Gasteiger charge is -2.40. The normalized spacial score (nSPS) is 15.8. The number of piperazine rings is 1. The highest BCUT2D eigenvalue weighted by Crippen LogP contribution is 2.30. The Morgan fingerprint density at radius 3 is 1.76 bits per heavy atom. The predicted molar refractivity (Wildman–Crippen MR) is 128 cm³/mol. The summed E-state index contributed by atoms with van der Waals surface area (Å²) in [6.07, 6.45) is 0. The number of halogens is 3. The van der Waals surface area contributed by atoms with E-state index in [0.717, 1.165) is 37.7 Å². The Bertz CT molecular complexity index is 833. The van der Waals surface area contributed by atoms with Crippen LogP contribution >= 0.6 is 36.4 Å². The van der Waals surface area contributed by atoms with Crippen LogP contribution in [0.15, 0.2) is 84.9 Å². The molecule has 4 rings (SSSR count).